The number of nitrogens with one attached hydrogen (secondary N) is 1. The first-order chi connectivity index (χ1) is 11.9. The van der Waals surface area contributed by atoms with E-state index in [0.29, 0.717) is 6.42 Å². The molecule has 0 saturated carbocycles. The van der Waals surface area contributed by atoms with Crippen molar-refractivity contribution in [3.63, 3.8) is 0 Å². The minimum absolute atomic E-state index is 0.0369. The zero-order valence-electron chi connectivity index (χ0n) is 15.3. The summed E-state index contributed by atoms with van der Waals surface area (Å²) in [6.45, 7) is 8.14. The number of imidazole rings is 1. The van der Waals surface area contributed by atoms with Crippen molar-refractivity contribution in [3.05, 3.63) is 33.9 Å². The summed E-state index contributed by atoms with van der Waals surface area (Å²) in [5.41, 5.74) is 4.79. The van der Waals surface area contributed by atoms with E-state index in [4.69, 9.17) is 0 Å². The van der Waals surface area contributed by atoms with Crippen LogP contribution in [0, 0.1) is 0 Å². The zero-order valence-corrected chi connectivity index (χ0v) is 15.3. The summed E-state index contributed by atoms with van der Waals surface area (Å²) in [6.07, 6.45) is 3.52. The van der Waals surface area contributed by atoms with Crippen molar-refractivity contribution >= 4 is 27.7 Å². The molecule has 25 heavy (non-hydrogen) atoms. The van der Waals surface area contributed by atoms with E-state index < -0.39 is 0 Å². The molecule has 0 unspecified atom stereocenters. The van der Waals surface area contributed by atoms with Gasteiger partial charge in [-0.3, -0.25) is 13.9 Å². The van der Waals surface area contributed by atoms with Gasteiger partial charge in [-0.1, -0.05) is 0 Å². The number of fused-ring (bicyclic) bond motifs is 4. The number of benzene rings is 1. The highest BCUT2D eigenvalue weighted by atomic mass is 16.2. The van der Waals surface area contributed by atoms with Gasteiger partial charge in [0.2, 0.25) is 0 Å². The summed E-state index contributed by atoms with van der Waals surface area (Å²) in [6, 6.07) is 4.33. The van der Waals surface area contributed by atoms with Crippen molar-refractivity contribution in [2.75, 3.05) is 0 Å². The number of hydrogen-bond acceptors (Lipinski definition) is 2. The summed E-state index contributed by atoms with van der Waals surface area (Å²) in [5, 5.41) is 1.09. The summed E-state index contributed by atoms with van der Waals surface area (Å²) in [5.74, 6) is 0.210. The molecule has 3 aromatic rings. The molecule has 5 heteroatoms. The van der Waals surface area contributed by atoms with Crippen LogP contribution >= 0.6 is 0 Å². The Bertz CT molecular complexity index is 1050. The van der Waals surface area contributed by atoms with Crippen molar-refractivity contribution < 1.29 is 4.79 Å². The first kappa shape index (κ1) is 16.2. The van der Waals surface area contributed by atoms with Gasteiger partial charge in [0.15, 0.2) is 5.78 Å². The van der Waals surface area contributed by atoms with Gasteiger partial charge in [-0.2, -0.15) is 0 Å². The second kappa shape index (κ2) is 5.61. The van der Waals surface area contributed by atoms with E-state index in [1.165, 1.54) is 0 Å². The van der Waals surface area contributed by atoms with Crippen LogP contribution in [0.25, 0.3) is 21.9 Å². The number of nitrogens with zero attached hydrogens (tertiary/aromatic N) is 2. The number of aryl methyl sites for hydroxylation is 1. The number of aromatic nitrogens is 3. The molecule has 2 aromatic heterocycles. The molecule has 0 fully saturated rings. The molecular weight excluding hydrogens is 314 g/mol. The topological polar surface area (TPSA) is 59.8 Å². The molecule has 0 bridgehead atoms. The highest BCUT2D eigenvalue weighted by Crippen LogP contribution is 2.32. The lowest BCUT2D eigenvalue weighted by Gasteiger charge is -2.07. The Morgan fingerprint density at radius 2 is 1.52 bits per heavy atom. The lowest BCUT2D eigenvalue weighted by molar-refractivity contribution is 0.0978. The van der Waals surface area contributed by atoms with Gasteiger partial charge in [0, 0.05) is 29.4 Å². The second-order valence-electron chi connectivity index (χ2n) is 7.71. The molecule has 0 spiro atoms. The van der Waals surface area contributed by atoms with Gasteiger partial charge in [0.1, 0.15) is 0 Å². The molecule has 0 aliphatic heterocycles. The monoisotopic (exact) mass is 339 g/mol. The van der Waals surface area contributed by atoms with Gasteiger partial charge in [0.25, 0.3) is 0 Å². The maximum atomic E-state index is 12.9. The molecule has 0 atom stereocenters. The number of carbonyl (C=O) groups is 1. The van der Waals surface area contributed by atoms with E-state index in [1.54, 1.807) is 0 Å². The minimum atomic E-state index is 0.0369. The Labute approximate surface area is 146 Å². The Morgan fingerprint density at radius 3 is 2.16 bits per heavy atom. The largest absolute Gasteiger partial charge is 0.352 e. The molecule has 4 rings (SSSR count). The standard InChI is InChI=1S/C20H25N3O2/c1-11(2)22-16-9-14-13-7-5-6-8-18(24)19(13)21-15(14)10-17(16)23(12(3)4)20(22)25/h9-12,21H,5-8H2,1-4H3. The van der Waals surface area contributed by atoms with Gasteiger partial charge in [-0.25, -0.2) is 4.79 Å². The Kier molecular flexibility index (Phi) is 3.63. The first-order valence-corrected chi connectivity index (χ1v) is 9.24. The number of rotatable bonds is 2. The number of hydrogen-bond donors (Lipinski definition) is 1. The lowest BCUT2D eigenvalue weighted by Crippen LogP contribution is -2.26. The van der Waals surface area contributed by atoms with Gasteiger partial charge >= 0.3 is 5.69 Å². The molecule has 0 amide bonds. The Balaban J connectivity index is 2.12. The normalized spacial score (nSPS) is 15.5. The molecule has 0 saturated heterocycles. The van der Waals surface area contributed by atoms with Gasteiger partial charge in [0.05, 0.1) is 16.7 Å². The summed E-state index contributed by atoms with van der Waals surface area (Å²) < 4.78 is 3.72. The number of ketones is 1. The zero-order chi connectivity index (χ0) is 17.9. The third-order valence-electron chi connectivity index (χ3n) is 5.32. The SMILES string of the molecule is CC(C)n1c(=O)n(C(C)C)c2cc3c4c([nH]c3cc21)C(=O)CCCC4. The van der Waals surface area contributed by atoms with E-state index in [-0.39, 0.29) is 23.6 Å². The predicted octanol–water partition coefficient (Wildman–Crippen LogP) is 4.36. The smallest absolute Gasteiger partial charge is 0.329 e. The maximum absolute atomic E-state index is 12.9. The van der Waals surface area contributed by atoms with Crippen LogP contribution in [0.2, 0.25) is 0 Å². The highest BCUT2D eigenvalue weighted by Gasteiger charge is 2.23. The van der Waals surface area contributed by atoms with E-state index in [2.05, 4.69) is 11.1 Å². The van der Waals surface area contributed by atoms with Crippen LogP contribution in [0.1, 0.15) is 75.1 Å². The fourth-order valence-electron chi connectivity index (χ4n) is 4.19. The van der Waals surface area contributed by atoms with E-state index in [0.717, 1.165) is 52.5 Å². The average Bonchev–Trinajstić information content (AvgIpc) is 2.96. The molecule has 1 N–H and O–H groups in total. The molecule has 5 nitrogen and oxygen atoms in total. The van der Waals surface area contributed by atoms with Gasteiger partial charge in [-0.15, -0.1) is 0 Å². The van der Waals surface area contributed by atoms with Crippen LogP contribution in [0.4, 0.5) is 0 Å². The van der Waals surface area contributed by atoms with Crippen LogP contribution in [0.5, 0.6) is 0 Å². The van der Waals surface area contributed by atoms with E-state index >= 15 is 0 Å². The maximum Gasteiger partial charge on any atom is 0.329 e. The number of H-pyrrole nitrogens is 1. The van der Waals surface area contributed by atoms with Crippen molar-refractivity contribution in [1.29, 1.82) is 0 Å². The number of aromatic amines is 1. The second-order valence-corrected chi connectivity index (χ2v) is 7.71. The van der Waals surface area contributed by atoms with Crippen LogP contribution in [-0.4, -0.2) is 19.9 Å². The first-order valence-electron chi connectivity index (χ1n) is 9.24. The number of Topliss-reactive ketones (excluding diaryl/α,β-unsaturated/α-hetero) is 1. The molecule has 2 heterocycles. The molecule has 1 aliphatic carbocycles. The molecule has 1 aliphatic rings. The molecular formula is C20H25N3O2. The van der Waals surface area contributed by atoms with Crippen molar-refractivity contribution in [2.24, 2.45) is 0 Å². The van der Waals surface area contributed by atoms with Crippen LogP contribution in [-0.2, 0) is 6.42 Å². The third kappa shape index (κ3) is 2.29. The van der Waals surface area contributed by atoms with Crippen LogP contribution in [0.15, 0.2) is 16.9 Å². The highest BCUT2D eigenvalue weighted by molar-refractivity contribution is 6.05. The molecule has 132 valence electrons. The van der Waals surface area contributed by atoms with Crippen molar-refractivity contribution in [3.8, 4) is 0 Å². The molecule has 1 aromatic carbocycles. The predicted molar refractivity (Wildman–Crippen MR) is 101 cm³/mol. The Hall–Kier alpha value is -2.30. The summed E-state index contributed by atoms with van der Waals surface area (Å²) >= 11 is 0. The third-order valence-corrected chi connectivity index (χ3v) is 5.32. The molecule has 0 radical (unpaired) electrons. The fraction of sp³-hybridized carbons (Fsp3) is 0.500. The number of carbonyl (C=O) groups excluding carboxylic acids is 1. The summed E-state index contributed by atoms with van der Waals surface area (Å²) in [7, 11) is 0. The van der Waals surface area contributed by atoms with Crippen molar-refractivity contribution in [2.45, 2.75) is 65.5 Å². The lowest BCUT2D eigenvalue weighted by atomic mass is 10.1. The van der Waals surface area contributed by atoms with E-state index in [1.807, 2.05) is 42.9 Å². The van der Waals surface area contributed by atoms with Crippen LogP contribution < -0.4 is 5.69 Å². The van der Waals surface area contributed by atoms with E-state index in [9.17, 15) is 9.59 Å². The van der Waals surface area contributed by atoms with Gasteiger partial charge in [-0.05, 0) is 64.7 Å². The summed E-state index contributed by atoms with van der Waals surface area (Å²) in [4.78, 5) is 28.7. The Morgan fingerprint density at radius 1 is 0.920 bits per heavy atom. The average molecular weight is 339 g/mol. The van der Waals surface area contributed by atoms with Gasteiger partial charge < -0.3 is 4.98 Å². The minimum Gasteiger partial charge on any atom is -0.352 e. The fourth-order valence-corrected chi connectivity index (χ4v) is 4.19. The quantitative estimate of drug-likeness (QED) is 0.705. The van der Waals surface area contributed by atoms with Crippen molar-refractivity contribution in [1.82, 2.24) is 14.1 Å². The van der Waals surface area contributed by atoms with Crippen LogP contribution in [0.3, 0.4) is 0 Å².